The highest BCUT2D eigenvalue weighted by molar-refractivity contribution is 8.13. The van der Waals surface area contributed by atoms with Gasteiger partial charge in [0.1, 0.15) is 0 Å². The molecular formula is C5H11NOS. The Hall–Kier alpha value is -0.180. The van der Waals surface area contributed by atoms with E-state index in [1.165, 1.54) is 11.8 Å². The van der Waals surface area contributed by atoms with Crippen molar-refractivity contribution in [3.05, 3.63) is 0 Å². The third-order valence-corrected chi connectivity index (χ3v) is 1.42. The first-order chi connectivity index (χ1) is 3.89. The third kappa shape index (κ3) is 2.91. The molecule has 0 aromatic carbocycles. The molecule has 0 bridgehead atoms. The fraction of sp³-hybridized carbons (Fsp3) is 0.800. The highest BCUT2D eigenvalue weighted by atomic mass is 32.2. The normalized spacial score (nSPS) is 16.5. The van der Waals surface area contributed by atoms with E-state index in [0.717, 1.165) is 12.3 Å². The molecule has 48 valence electrons. The maximum absolute atomic E-state index is 10.1. The highest BCUT2D eigenvalue weighted by Crippen LogP contribution is 2.04. The summed E-state index contributed by atoms with van der Waals surface area (Å²) in [5, 5.41) is 2.76. The summed E-state index contributed by atoms with van der Waals surface area (Å²) in [6, 6.07) is 0. The minimum Gasteiger partial charge on any atom is -0.346 e. The van der Waals surface area contributed by atoms with E-state index in [1.807, 2.05) is 13.8 Å². The number of nitrogens with one attached hydrogen (secondary N) is 1. The van der Waals surface area contributed by atoms with Crippen molar-refractivity contribution in [2.24, 2.45) is 0 Å². The minimum atomic E-state index is 0.120. The van der Waals surface area contributed by atoms with E-state index >= 15 is 0 Å². The molecule has 1 heterocycles. The largest absolute Gasteiger partial charge is 0.346 e. The predicted molar refractivity (Wildman–Crippen MR) is 37.2 cm³/mol. The molecule has 1 amide bonds. The smallest absolute Gasteiger partial charge is 0.279 e. The van der Waals surface area contributed by atoms with E-state index in [9.17, 15) is 4.79 Å². The van der Waals surface area contributed by atoms with Crippen molar-refractivity contribution in [3.8, 4) is 0 Å². The van der Waals surface area contributed by atoms with Crippen LogP contribution in [0.4, 0.5) is 4.79 Å². The van der Waals surface area contributed by atoms with Crippen LogP contribution in [0.1, 0.15) is 13.8 Å². The molecular weight excluding hydrogens is 122 g/mol. The maximum Gasteiger partial charge on any atom is 0.279 e. The van der Waals surface area contributed by atoms with Crippen molar-refractivity contribution in [3.63, 3.8) is 0 Å². The summed E-state index contributed by atoms with van der Waals surface area (Å²) in [6.07, 6.45) is 0. The van der Waals surface area contributed by atoms with E-state index in [2.05, 4.69) is 5.32 Å². The van der Waals surface area contributed by atoms with Crippen molar-refractivity contribution >= 4 is 17.0 Å². The Kier molecular flexibility index (Phi) is 4.85. The molecule has 0 aromatic heterocycles. The van der Waals surface area contributed by atoms with Crippen LogP contribution in [0.5, 0.6) is 0 Å². The van der Waals surface area contributed by atoms with Crippen LogP contribution in [-0.2, 0) is 0 Å². The van der Waals surface area contributed by atoms with Crippen molar-refractivity contribution < 1.29 is 4.79 Å². The number of carbonyl (C=O) groups is 1. The first-order valence-electron chi connectivity index (χ1n) is 2.80. The molecule has 1 rings (SSSR count). The molecule has 1 N–H and O–H groups in total. The van der Waals surface area contributed by atoms with E-state index in [1.54, 1.807) is 0 Å². The fourth-order valence-corrected chi connectivity index (χ4v) is 0.941. The molecule has 1 aliphatic rings. The molecule has 0 aliphatic carbocycles. The lowest BCUT2D eigenvalue weighted by Crippen LogP contribution is -2.10. The molecule has 0 saturated carbocycles. The van der Waals surface area contributed by atoms with Gasteiger partial charge in [0.2, 0.25) is 0 Å². The molecule has 0 unspecified atom stereocenters. The average Bonchev–Trinajstić information content (AvgIpc) is 2.24. The molecule has 0 atom stereocenters. The number of hydrogen-bond donors (Lipinski definition) is 1. The standard InChI is InChI=1S/C3H5NOS.C2H6/c5-3-4-1-2-6-3;1-2/h1-2H2,(H,4,5);1-2H3. The summed E-state index contributed by atoms with van der Waals surface area (Å²) in [4.78, 5) is 10.1. The predicted octanol–water partition coefficient (Wildman–Crippen LogP) is 1.47. The van der Waals surface area contributed by atoms with Gasteiger partial charge in [0.15, 0.2) is 0 Å². The molecule has 1 saturated heterocycles. The third-order valence-electron chi connectivity index (χ3n) is 0.605. The molecule has 2 nitrogen and oxygen atoms in total. The van der Waals surface area contributed by atoms with E-state index < -0.39 is 0 Å². The molecule has 1 aliphatic heterocycles. The zero-order chi connectivity index (χ0) is 6.41. The van der Waals surface area contributed by atoms with Crippen LogP contribution in [0.2, 0.25) is 0 Å². The van der Waals surface area contributed by atoms with Gasteiger partial charge < -0.3 is 5.32 Å². The number of carbonyl (C=O) groups excluding carboxylic acids is 1. The second-order valence-electron chi connectivity index (χ2n) is 1.06. The van der Waals surface area contributed by atoms with Gasteiger partial charge in [-0.1, -0.05) is 25.6 Å². The van der Waals surface area contributed by atoms with Gasteiger partial charge in [-0.25, -0.2) is 0 Å². The molecule has 0 spiro atoms. The van der Waals surface area contributed by atoms with Crippen LogP contribution >= 0.6 is 11.8 Å². The SMILES string of the molecule is CC.O=C1NCCS1. The Bertz CT molecular complexity index is 66.8. The Balaban J connectivity index is 0.000000222. The van der Waals surface area contributed by atoms with Crippen LogP contribution in [-0.4, -0.2) is 17.5 Å². The van der Waals surface area contributed by atoms with E-state index in [-0.39, 0.29) is 5.24 Å². The lowest BCUT2D eigenvalue weighted by atomic mass is 10.8. The van der Waals surface area contributed by atoms with Crippen LogP contribution in [0, 0.1) is 0 Å². The summed E-state index contributed by atoms with van der Waals surface area (Å²) in [5.74, 6) is 0.943. The van der Waals surface area contributed by atoms with Gasteiger partial charge in [-0.3, -0.25) is 4.79 Å². The fourth-order valence-electron chi connectivity index (χ4n) is 0.348. The highest BCUT2D eigenvalue weighted by Gasteiger charge is 2.06. The second-order valence-corrected chi connectivity index (χ2v) is 2.13. The Labute approximate surface area is 54.0 Å². The van der Waals surface area contributed by atoms with Gasteiger partial charge in [0.25, 0.3) is 5.24 Å². The summed E-state index contributed by atoms with van der Waals surface area (Å²) in [6.45, 7) is 4.85. The van der Waals surface area contributed by atoms with Gasteiger partial charge in [-0.15, -0.1) is 0 Å². The van der Waals surface area contributed by atoms with Gasteiger partial charge in [-0.2, -0.15) is 0 Å². The Morgan fingerprint density at radius 3 is 2.38 bits per heavy atom. The number of hydrogen-bond acceptors (Lipinski definition) is 2. The van der Waals surface area contributed by atoms with Crippen LogP contribution in [0.3, 0.4) is 0 Å². The zero-order valence-corrected chi connectivity index (χ0v) is 6.05. The van der Waals surface area contributed by atoms with Gasteiger partial charge in [0.05, 0.1) is 0 Å². The topological polar surface area (TPSA) is 29.1 Å². The van der Waals surface area contributed by atoms with Crippen LogP contribution in [0.15, 0.2) is 0 Å². The lowest BCUT2D eigenvalue weighted by Gasteiger charge is -1.78. The molecule has 1 fully saturated rings. The monoisotopic (exact) mass is 133 g/mol. The van der Waals surface area contributed by atoms with Crippen molar-refractivity contribution in [1.82, 2.24) is 5.32 Å². The van der Waals surface area contributed by atoms with Crippen molar-refractivity contribution in [2.45, 2.75) is 13.8 Å². The summed E-state index contributed by atoms with van der Waals surface area (Å²) < 4.78 is 0. The molecule has 8 heavy (non-hydrogen) atoms. The van der Waals surface area contributed by atoms with Crippen molar-refractivity contribution in [2.75, 3.05) is 12.3 Å². The molecule has 3 heteroatoms. The quantitative estimate of drug-likeness (QED) is 0.542. The van der Waals surface area contributed by atoms with Crippen molar-refractivity contribution in [1.29, 1.82) is 0 Å². The summed E-state index contributed by atoms with van der Waals surface area (Å²) in [7, 11) is 0. The molecule has 0 radical (unpaired) electrons. The van der Waals surface area contributed by atoms with Crippen LogP contribution in [0.25, 0.3) is 0 Å². The first-order valence-corrected chi connectivity index (χ1v) is 3.79. The summed E-state index contributed by atoms with van der Waals surface area (Å²) >= 11 is 1.35. The molecule has 0 aromatic rings. The van der Waals surface area contributed by atoms with Crippen LogP contribution < -0.4 is 5.32 Å². The lowest BCUT2D eigenvalue weighted by molar-refractivity contribution is 0.262. The Morgan fingerprint density at radius 2 is 2.25 bits per heavy atom. The van der Waals surface area contributed by atoms with Gasteiger partial charge in [0, 0.05) is 12.3 Å². The number of rotatable bonds is 0. The van der Waals surface area contributed by atoms with Gasteiger partial charge in [-0.05, 0) is 0 Å². The first kappa shape index (κ1) is 7.82. The van der Waals surface area contributed by atoms with E-state index in [4.69, 9.17) is 0 Å². The number of amides is 1. The second kappa shape index (κ2) is 4.97. The summed E-state index contributed by atoms with van der Waals surface area (Å²) in [5.41, 5.74) is 0. The minimum absolute atomic E-state index is 0.120. The van der Waals surface area contributed by atoms with Gasteiger partial charge >= 0.3 is 0 Å². The average molecular weight is 133 g/mol. The zero-order valence-electron chi connectivity index (χ0n) is 5.23. The van der Waals surface area contributed by atoms with E-state index in [0.29, 0.717) is 0 Å². The number of thioether (sulfide) groups is 1. The maximum atomic E-state index is 10.1. The Morgan fingerprint density at radius 1 is 1.62 bits per heavy atom.